The molecule has 2 N–H and O–H groups in total. The van der Waals surface area contributed by atoms with Crippen molar-refractivity contribution >= 4 is 17.5 Å². The van der Waals surface area contributed by atoms with Gasteiger partial charge in [0, 0.05) is 24.4 Å². The molecule has 1 amide bonds. The van der Waals surface area contributed by atoms with E-state index in [0.29, 0.717) is 17.3 Å². The summed E-state index contributed by atoms with van der Waals surface area (Å²) in [5, 5.41) is 12.3. The standard InChI is InChI=1S/C15H21ClN2O2/c1-10(2)12-7-11(8-13(16)18-12)14(20)17-9-15(3-4-15)5-6-19/h7-8,10,19H,3-6,9H2,1-2H3,(H,17,20). The van der Waals surface area contributed by atoms with Gasteiger partial charge in [-0.05, 0) is 42.7 Å². The molecule has 4 nitrogen and oxygen atoms in total. The van der Waals surface area contributed by atoms with Crippen LogP contribution in [0.5, 0.6) is 0 Å². The predicted molar refractivity (Wildman–Crippen MR) is 79.0 cm³/mol. The van der Waals surface area contributed by atoms with Gasteiger partial charge in [-0.15, -0.1) is 0 Å². The van der Waals surface area contributed by atoms with Crippen molar-refractivity contribution in [1.82, 2.24) is 10.3 Å². The lowest BCUT2D eigenvalue weighted by Crippen LogP contribution is -2.30. The van der Waals surface area contributed by atoms with E-state index >= 15 is 0 Å². The number of rotatable bonds is 6. The molecule has 1 aromatic heterocycles. The third kappa shape index (κ3) is 3.70. The number of aromatic nitrogens is 1. The van der Waals surface area contributed by atoms with Crippen LogP contribution in [0.4, 0.5) is 0 Å². The maximum Gasteiger partial charge on any atom is 0.251 e. The number of halogens is 1. The van der Waals surface area contributed by atoms with Crippen LogP contribution in [0.2, 0.25) is 5.15 Å². The smallest absolute Gasteiger partial charge is 0.251 e. The Kier molecular flexibility index (Phi) is 4.66. The van der Waals surface area contributed by atoms with E-state index < -0.39 is 0 Å². The van der Waals surface area contributed by atoms with Crippen LogP contribution >= 0.6 is 11.6 Å². The van der Waals surface area contributed by atoms with Crippen molar-refractivity contribution in [2.24, 2.45) is 5.41 Å². The van der Waals surface area contributed by atoms with Gasteiger partial charge in [0.05, 0.1) is 0 Å². The average Bonchev–Trinajstić information content (AvgIpc) is 3.16. The number of nitrogens with zero attached hydrogens (tertiary/aromatic N) is 1. The Balaban J connectivity index is 2.02. The van der Waals surface area contributed by atoms with E-state index in [-0.39, 0.29) is 23.8 Å². The molecule has 0 aromatic carbocycles. The maximum absolute atomic E-state index is 12.2. The zero-order chi connectivity index (χ0) is 14.8. The molecule has 0 bridgehead atoms. The lowest BCUT2D eigenvalue weighted by Gasteiger charge is -2.15. The molecule has 0 spiro atoms. The van der Waals surface area contributed by atoms with Crippen molar-refractivity contribution in [1.29, 1.82) is 0 Å². The number of carbonyl (C=O) groups excluding carboxylic acids is 1. The quantitative estimate of drug-likeness (QED) is 0.794. The lowest BCUT2D eigenvalue weighted by molar-refractivity contribution is 0.0940. The van der Waals surface area contributed by atoms with Crippen LogP contribution < -0.4 is 5.32 Å². The molecule has 1 aliphatic rings. The summed E-state index contributed by atoms with van der Waals surface area (Å²) in [6.45, 7) is 4.82. The van der Waals surface area contributed by atoms with Gasteiger partial charge in [-0.1, -0.05) is 25.4 Å². The van der Waals surface area contributed by atoms with Gasteiger partial charge in [0.1, 0.15) is 5.15 Å². The minimum absolute atomic E-state index is 0.113. The summed E-state index contributed by atoms with van der Waals surface area (Å²) in [6.07, 6.45) is 2.89. The van der Waals surface area contributed by atoms with E-state index in [0.717, 1.165) is 25.0 Å². The second-order valence-electron chi connectivity index (χ2n) is 5.91. The van der Waals surface area contributed by atoms with Gasteiger partial charge in [0.25, 0.3) is 5.91 Å². The first-order chi connectivity index (χ1) is 9.46. The number of pyridine rings is 1. The highest BCUT2D eigenvalue weighted by molar-refractivity contribution is 6.29. The molecule has 1 aromatic rings. The minimum Gasteiger partial charge on any atom is -0.396 e. The molecule has 5 heteroatoms. The number of hydrogen-bond acceptors (Lipinski definition) is 3. The summed E-state index contributed by atoms with van der Waals surface area (Å²) in [6, 6.07) is 3.38. The van der Waals surface area contributed by atoms with Crippen molar-refractivity contribution in [2.45, 2.75) is 39.0 Å². The van der Waals surface area contributed by atoms with Gasteiger partial charge >= 0.3 is 0 Å². The molecule has 0 aliphatic heterocycles. The lowest BCUT2D eigenvalue weighted by atomic mass is 10.0. The summed E-state index contributed by atoms with van der Waals surface area (Å²) in [5.41, 5.74) is 1.48. The third-order valence-electron chi connectivity index (χ3n) is 3.89. The van der Waals surface area contributed by atoms with E-state index in [4.69, 9.17) is 16.7 Å². The Hall–Kier alpha value is -1.13. The van der Waals surface area contributed by atoms with E-state index in [2.05, 4.69) is 10.3 Å². The number of aliphatic hydroxyl groups is 1. The average molecular weight is 297 g/mol. The summed E-state index contributed by atoms with van der Waals surface area (Å²) < 4.78 is 0. The molecule has 1 saturated carbocycles. The summed E-state index contributed by atoms with van der Waals surface area (Å²) in [5.74, 6) is 0.102. The molecule has 1 heterocycles. The monoisotopic (exact) mass is 296 g/mol. The van der Waals surface area contributed by atoms with Crippen LogP contribution in [0.15, 0.2) is 12.1 Å². The normalized spacial score (nSPS) is 16.2. The fourth-order valence-electron chi connectivity index (χ4n) is 2.24. The second-order valence-corrected chi connectivity index (χ2v) is 6.30. The van der Waals surface area contributed by atoms with Gasteiger partial charge in [-0.2, -0.15) is 0 Å². The van der Waals surface area contributed by atoms with Crippen LogP contribution in [0, 0.1) is 5.41 Å². The number of nitrogens with one attached hydrogen (secondary N) is 1. The SMILES string of the molecule is CC(C)c1cc(C(=O)NCC2(CCO)CC2)cc(Cl)n1. The first-order valence-corrected chi connectivity index (χ1v) is 7.40. The molecule has 1 aliphatic carbocycles. The molecule has 0 radical (unpaired) electrons. The number of aliphatic hydroxyl groups excluding tert-OH is 1. The molecule has 110 valence electrons. The highest BCUT2D eigenvalue weighted by Gasteiger charge is 2.41. The highest BCUT2D eigenvalue weighted by Crippen LogP contribution is 2.47. The number of amides is 1. The minimum atomic E-state index is -0.125. The fraction of sp³-hybridized carbons (Fsp3) is 0.600. The second kappa shape index (κ2) is 6.10. The molecule has 20 heavy (non-hydrogen) atoms. The summed E-state index contributed by atoms with van der Waals surface area (Å²) in [7, 11) is 0. The number of carbonyl (C=O) groups is 1. The molecule has 0 saturated heterocycles. The Bertz CT molecular complexity index is 499. The summed E-state index contributed by atoms with van der Waals surface area (Å²) in [4.78, 5) is 16.4. The molecule has 2 rings (SSSR count). The van der Waals surface area contributed by atoms with Gasteiger partial charge in [-0.3, -0.25) is 4.79 Å². The molecular formula is C15H21ClN2O2. The summed E-state index contributed by atoms with van der Waals surface area (Å²) >= 11 is 5.97. The molecule has 1 fully saturated rings. The van der Waals surface area contributed by atoms with Crippen LogP contribution in [0.1, 0.15) is 55.1 Å². The van der Waals surface area contributed by atoms with Gasteiger partial charge in [-0.25, -0.2) is 4.98 Å². The van der Waals surface area contributed by atoms with E-state index in [1.807, 2.05) is 13.8 Å². The largest absolute Gasteiger partial charge is 0.396 e. The van der Waals surface area contributed by atoms with Crippen LogP contribution in [0.3, 0.4) is 0 Å². The molecule has 0 unspecified atom stereocenters. The first kappa shape index (κ1) is 15.3. The van der Waals surface area contributed by atoms with Crippen LogP contribution in [0.25, 0.3) is 0 Å². The van der Waals surface area contributed by atoms with E-state index in [1.54, 1.807) is 12.1 Å². The topological polar surface area (TPSA) is 62.2 Å². The van der Waals surface area contributed by atoms with E-state index in [1.165, 1.54) is 0 Å². The molecular weight excluding hydrogens is 276 g/mol. The number of hydrogen-bond donors (Lipinski definition) is 2. The zero-order valence-electron chi connectivity index (χ0n) is 11.9. The van der Waals surface area contributed by atoms with Crippen molar-refractivity contribution in [2.75, 3.05) is 13.2 Å². The van der Waals surface area contributed by atoms with Crippen molar-refractivity contribution in [3.05, 3.63) is 28.5 Å². The van der Waals surface area contributed by atoms with Crippen molar-refractivity contribution in [3.63, 3.8) is 0 Å². The van der Waals surface area contributed by atoms with Gasteiger partial charge < -0.3 is 10.4 Å². The maximum atomic E-state index is 12.2. The third-order valence-corrected chi connectivity index (χ3v) is 4.08. The van der Waals surface area contributed by atoms with Crippen LogP contribution in [-0.2, 0) is 0 Å². The van der Waals surface area contributed by atoms with Crippen LogP contribution in [-0.4, -0.2) is 29.1 Å². The predicted octanol–water partition coefficient (Wildman–Crippen LogP) is 2.75. The van der Waals surface area contributed by atoms with E-state index in [9.17, 15) is 4.79 Å². The molecule has 0 atom stereocenters. The van der Waals surface area contributed by atoms with Crippen molar-refractivity contribution < 1.29 is 9.90 Å². The Morgan fingerprint density at radius 1 is 1.50 bits per heavy atom. The van der Waals surface area contributed by atoms with Gasteiger partial charge in [0.15, 0.2) is 0 Å². The highest BCUT2D eigenvalue weighted by atomic mass is 35.5. The Labute approximate surface area is 124 Å². The first-order valence-electron chi connectivity index (χ1n) is 7.02. The Morgan fingerprint density at radius 3 is 2.75 bits per heavy atom. The fourth-order valence-corrected chi connectivity index (χ4v) is 2.46. The Morgan fingerprint density at radius 2 is 2.20 bits per heavy atom. The van der Waals surface area contributed by atoms with Gasteiger partial charge in [0.2, 0.25) is 0 Å². The zero-order valence-corrected chi connectivity index (χ0v) is 12.7. The van der Waals surface area contributed by atoms with Crippen molar-refractivity contribution in [3.8, 4) is 0 Å².